The molecule has 0 aromatic heterocycles. The van der Waals surface area contributed by atoms with Crippen molar-refractivity contribution >= 4 is 27.5 Å². The maximum Gasteiger partial charge on any atom is 0.312 e. The van der Waals surface area contributed by atoms with Gasteiger partial charge in [-0.05, 0) is 30.2 Å². The summed E-state index contributed by atoms with van der Waals surface area (Å²) < 4.78 is 24.0. The molecule has 2 atom stereocenters. The zero-order valence-corrected chi connectivity index (χ0v) is 15.9. The first kappa shape index (κ1) is 18.9. The number of nitrogens with zero attached hydrogens (tertiary/aromatic N) is 1. The van der Waals surface area contributed by atoms with E-state index in [9.17, 15) is 18.0 Å². The van der Waals surface area contributed by atoms with E-state index < -0.39 is 21.9 Å². The Morgan fingerprint density at radius 2 is 1.89 bits per heavy atom. The molecule has 2 aromatic carbocycles. The average molecular weight is 387 g/mol. The molecule has 3 rings (SSSR count). The first-order valence-electron chi connectivity index (χ1n) is 8.45. The molecule has 8 heteroatoms. The van der Waals surface area contributed by atoms with Gasteiger partial charge in [-0.2, -0.15) is 0 Å². The summed E-state index contributed by atoms with van der Waals surface area (Å²) >= 11 is 0. The van der Waals surface area contributed by atoms with Gasteiger partial charge in [-0.1, -0.05) is 36.4 Å². The molecule has 3 N–H and O–H groups in total. The second-order valence-electron chi connectivity index (χ2n) is 6.62. The van der Waals surface area contributed by atoms with Gasteiger partial charge in [-0.3, -0.25) is 4.79 Å². The van der Waals surface area contributed by atoms with E-state index in [0.717, 1.165) is 17.4 Å². The zero-order valence-electron chi connectivity index (χ0n) is 15.0. The third kappa shape index (κ3) is 3.80. The first-order chi connectivity index (χ1) is 12.7. The van der Waals surface area contributed by atoms with E-state index in [2.05, 4.69) is 5.32 Å². The van der Waals surface area contributed by atoms with Crippen LogP contribution >= 0.6 is 0 Å². The van der Waals surface area contributed by atoms with Gasteiger partial charge >= 0.3 is 6.03 Å². The van der Waals surface area contributed by atoms with E-state index in [1.54, 1.807) is 6.07 Å². The topological polar surface area (TPSA) is 110 Å². The Kier molecular flexibility index (Phi) is 4.93. The maximum absolute atomic E-state index is 13.1. The van der Waals surface area contributed by atoms with Crippen LogP contribution in [0.1, 0.15) is 24.1 Å². The number of nitrogens with two attached hydrogens (primary N) is 1. The number of benzene rings is 2. The highest BCUT2D eigenvalue weighted by Crippen LogP contribution is 2.36. The van der Waals surface area contributed by atoms with E-state index >= 15 is 0 Å². The van der Waals surface area contributed by atoms with Gasteiger partial charge in [0.2, 0.25) is 0 Å². The van der Waals surface area contributed by atoms with Crippen molar-refractivity contribution in [2.24, 2.45) is 5.73 Å². The summed E-state index contributed by atoms with van der Waals surface area (Å²) in [6, 6.07) is 12.2. The number of urea groups is 1. The summed E-state index contributed by atoms with van der Waals surface area (Å²) in [6.45, 7) is 1.86. The lowest BCUT2D eigenvalue weighted by Gasteiger charge is -2.38. The predicted octanol–water partition coefficient (Wildman–Crippen LogP) is 1.78. The fourth-order valence-corrected chi connectivity index (χ4v) is 3.97. The highest BCUT2D eigenvalue weighted by Gasteiger charge is 2.37. The van der Waals surface area contributed by atoms with Crippen molar-refractivity contribution in [3.8, 4) is 0 Å². The van der Waals surface area contributed by atoms with Gasteiger partial charge in [-0.25, -0.2) is 13.2 Å². The Morgan fingerprint density at radius 3 is 2.48 bits per heavy atom. The minimum atomic E-state index is -3.43. The number of amides is 3. The van der Waals surface area contributed by atoms with E-state index in [1.165, 1.54) is 17.0 Å². The third-order valence-corrected chi connectivity index (χ3v) is 5.80. The number of hydrogen-bond acceptors (Lipinski definition) is 4. The average Bonchev–Trinajstić information content (AvgIpc) is 2.61. The zero-order chi connectivity index (χ0) is 19.8. The van der Waals surface area contributed by atoms with Crippen molar-refractivity contribution in [2.45, 2.75) is 30.3 Å². The van der Waals surface area contributed by atoms with Crippen LogP contribution in [-0.4, -0.2) is 32.7 Å². The lowest BCUT2D eigenvalue weighted by atomic mass is 9.94. The summed E-state index contributed by atoms with van der Waals surface area (Å²) in [7, 11) is -3.43. The fraction of sp³-hybridized carbons (Fsp3) is 0.263. The molecule has 0 radical (unpaired) electrons. The molecular weight excluding hydrogens is 366 g/mol. The van der Waals surface area contributed by atoms with Crippen LogP contribution in [0.3, 0.4) is 0 Å². The molecule has 27 heavy (non-hydrogen) atoms. The van der Waals surface area contributed by atoms with Crippen LogP contribution in [-0.2, 0) is 21.1 Å². The summed E-state index contributed by atoms with van der Waals surface area (Å²) in [6.07, 6.45) is 1.38. The lowest BCUT2D eigenvalue weighted by molar-refractivity contribution is -0.121. The van der Waals surface area contributed by atoms with Crippen molar-refractivity contribution in [1.82, 2.24) is 5.32 Å². The van der Waals surface area contributed by atoms with E-state index in [4.69, 9.17) is 5.73 Å². The van der Waals surface area contributed by atoms with E-state index in [0.29, 0.717) is 5.69 Å². The number of nitrogens with one attached hydrogen (secondary N) is 1. The van der Waals surface area contributed by atoms with Crippen LogP contribution in [0.2, 0.25) is 0 Å². The molecule has 2 aromatic rings. The van der Waals surface area contributed by atoms with Crippen molar-refractivity contribution in [3.63, 3.8) is 0 Å². The second kappa shape index (κ2) is 7.03. The number of hydrogen-bond donors (Lipinski definition) is 2. The Hall–Kier alpha value is -2.87. The summed E-state index contributed by atoms with van der Waals surface area (Å²) in [5.41, 5.74) is 7.41. The second-order valence-corrected chi connectivity index (χ2v) is 8.64. The molecule has 142 valence electrons. The monoisotopic (exact) mass is 387 g/mol. The van der Waals surface area contributed by atoms with Gasteiger partial charge in [0, 0.05) is 18.4 Å². The molecule has 0 fully saturated rings. The molecule has 7 nitrogen and oxygen atoms in total. The largest absolute Gasteiger partial charge is 0.352 e. The highest BCUT2D eigenvalue weighted by molar-refractivity contribution is 7.90. The van der Waals surface area contributed by atoms with Gasteiger partial charge in [0.25, 0.3) is 5.91 Å². The molecule has 1 aliphatic heterocycles. The normalized spacial score (nSPS) is 17.9. The number of carbonyl (C=O) groups excluding carboxylic acids is 2. The van der Waals surface area contributed by atoms with Crippen LogP contribution in [0, 0.1) is 0 Å². The van der Waals surface area contributed by atoms with Gasteiger partial charge in [0.05, 0.1) is 10.9 Å². The lowest BCUT2D eigenvalue weighted by Crippen LogP contribution is -2.54. The summed E-state index contributed by atoms with van der Waals surface area (Å²) in [5.74, 6) is -0.330. The van der Waals surface area contributed by atoms with Crippen molar-refractivity contribution < 1.29 is 18.0 Å². The predicted molar refractivity (Wildman–Crippen MR) is 102 cm³/mol. The SMILES string of the molecule is C[C@@H](c1ccccc1)N1C(=O)[C@H](NC(N)=O)Cc2ccc(S(C)(=O)=O)cc21. The van der Waals surface area contributed by atoms with Crippen LogP contribution in [0.5, 0.6) is 0 Å². The Bertz CT molecular complexity index is 989. The molecule has 0 saturated carbocycles. The number of rotatable bonds is 4. The Morgan fingerprint density at radius 1 is 1.22 bits per heavy atom. The van der Waals surface area contributed by atoms with Crippen molar-refractivity contribution in [1.29, 1.82) is 0 Å². The minimum Gasteiger partial charge on any atom is -0.352 e. The van der Waals surface area contributed by atoms with Crippen LogP contribution in [0.15, 0.2) is 53.4 Å². The number of primary amides is 1. The molecule has 0 saturated heterocycles. The van der Waals surface area contributed by atoms with E-state index in [1.807, 2.05) is 37.3 Å². The Balaban J connectivity index is 2.13. The van der Waals surface area contributed by atoms with Crippen molar-refractivity contribution in [3.05, 3.63) is 59.7 Å². The number of sulfone groups is 1. The standard InChI is InChI=1S/C19H21N3O4S/c1-12(13-6-4-3-5-7-13)22-17-11-15(27(2,25)26)9-8-14(17)10-16(18(22)23)21-19(20)24/h3-9,11-12,16H,10H2,1-2H3,(H3,20,21,24)/t12-,16+/m0/s1. The molecule has 0 bridgehead atoms. The molecule has 0 spiro atoms. The smallest absolute Gasteiger partial charge is 0.312 e. The number of anilines is 1. The first-order valence-corrected chi connectivity index (χ1v) is 10.3. The third-order valence-electron chi connectivity index (χ3n) is 4.69. The van der Waals surface area contributed by atoms with Crippen LogP contribution in [0.25, 0.3) is 0 Å². The fourth-order valence-electron chi connectivity index (χ4n) is 3.33. The number of fused-ring (bicyclic) bond motifs is 1. The highest BCUT2D eigenvalue weighted by atomic mass is 32.2. The van der Waals surface area contributed by atoms with Crippen molar-refractivity contribution in [2.75, 3.05) is 11.2 Å². The van der Waals surface area contributed by atoms with E-state index in [-0.39, 0.29) is 23.3 Å². The van der Waals surface area contributed by atoms with Gasteiger partial charge in [-0.15, -0.1) is 0 Å². The molecule has 0 aliphatic carbocycles. The number of carbonyl (C=O) groups is 2. The summed E-state index contributed by atoms with van der Waals surface area (Å²) in [5, 5.41) is 2.48. The quantitative estimate of drug-likeness (QED) is 0.833. The van der Waals surface area contributed by atoms with Crippen LogP contribution < -0.4 is 16.0 Å². The molecule has 1 aliphatic rings. The van der Waals surface area contributed by atoms with Gasteiger partial charge in [0.1, 0.15) is 6.04 Å². The maximum atomic E-state index is 13.1. The van der Waals surface area contributed by atoms with Crippen LogP contribution in [0.4, 0.5) is 10.5 Å². The summed E-state index contributed by atoms with van der Waals surface area (Å²) in [4.78, 5) is 26.1. The van der Waals surface area contributed by atoms with Gasteiger partial charge < -0.3 is 16.0 Å². The van der Waals surface area contributed by atoms with Gasteiger partial charge in [0.15, 0.2) is 9.84 Å². The molecule has 0 unspecified atom stereocenters. The molecular formula is C19H21N3O4S. The molecule has 1 heterocycles. The Labute approximate surface area is 158 Å². The minimum absolute atomic E-state index is 0.139. The molecule has 3 amide bonds.